The molecular formula is C25H21ClF3N5OS. The molecular weight excluding hydrogens is 511 g/mol. The predicted molar refractivity (Wildman–Crippen MR) is 132 cm³/mol. The summed E-state index contributed by atoms with van der Waals surface area (Å²) in [6.07, 6.45) is 10.1. The van der Waals surface area contributed by atoms with Crippen LogP contribution in [0.4, 0.5) is 13.2 Å². The number of alkyl halides is 2. The predicted octanol–water partition coefficient (Wildman–Crippen LogP) is 5.68. The molecule has 0 unspecified atom stereocenters. The van der Waals surface area contributed by atoms with E-state index in [2.05, 4.69) is 16.0 Å². The highest BCUT2D eigenvalue weighted by Gasteiger charge is 2.46. The Kier molecular flexibility index (Phi) is 6.64. The molecule has 11 heteroatoms. The van der Waals surface area contributed by atoms with E-state index in [0.717, 1.165) is 0 Å². The van der Waals surface area contributed by atoms with Crippen molar-refractivity contribution in [3.8, 4) is 12.3 Å². The van der Waals surface area contributed by atoms with Crippen molar-refractivity contribution in [2.75, 3.05) is 6.54 Å². The summed E-state index contributed by atoms with van der Waals surface area (Å²) in [4.78, 5) is 11.2. The lowest BCUT2D eigenvalue weighted by atomic mass is 9.89. The molecule has 3 aromatic rings. The minimum Gasteiger partial charge on any atom is -0.388 e. The highest BCUT2D eigenvalue weighted by atomic mass is 35.5. The fourth-order valence-corrected chi connectivity index (χ4v) is 5.64. The molecule has 1 fully saturated rings. The highest BCUT2D eigenvalue weighted by Crippen LogP contribution is 2.48. The minimum absolute atomic E-state index is 0.143. The van der Waals surface area contributed by atoms with Gasteiger partial charge < -0.3 is 10.0 Å². The Morgan fingerprint density at radius 3 is 2.83 bits per heavy atom. The molecule has 0 spiro atoms. The fourth-order valence-electron chi connectivity index (χ4n) is 4.73. The monoisotopic (exact) mass is 531 g/mol. The van der Waals surface area contributed by atoms with E-state index in [1.165, 1.54) is 41.8 Å². The molecule has 186 valence electrons. The molecule has 1 N–H and O–H groups in total. The molecule has 2 aliphatic rings. The van der Waals surface area contributed by atoms with Gasteiger partial charge in [0.1, 0.15) is 11.9 Å². The van der Waals surface area contributed by atoms with Crippen LogP contribution in [0, 0.1) is 18.2 Å². The molecule has 5 rings (SSSR count). The average Bonchev–Trinajstić information content (AvgIpc) is 3.58. The van der Waals surface area contributed by atoms with E-state index >= 15 is 0 Å². The third-order valence-electron chi connectivity index (χ3n) is 6.29. The Morgan fingerprint density at radius 2 is 2.17 bits per heavy atom. The van der Waals surface area contributed by atoms with Gasteiger partial charge in [0.25, 0.3) is 0 Å². The van der Waals surface area contributed by atoms with Gasteiger partial charge in [0, 0.05) is 52.5 Å². The van der Waals surface area contributed by atoms with E-state index in [1.807, 2.05) is 10.3 Å². The molecule has 2 aliphatic heterocycles. The van der Waals surface area contributed by atoms with Gasteiger partial charge in [-0.2, -0.15) is 13.9 Å². The molecule has 4 heterocycles. The van der Waals surface area contributed by atoms with Crippen LogP contribution in [0.5, 0.6) is 0 Å². The van der Waals surface area contributed by atoms with Crippen LogP contribution < -0.4 is 0 Å². The van der Waals surface area contributed by atoms with Gasteiger partial charge in [-0.25, -0.2) is 14.1 Å². The standard InChI is InChI=1S/C25H21ClF3N5OS/c1-2-3-4-8-25(35)13-19-20(18-7-10-34(32-18)24(28)29)21(16-6-5-15(27)12-17(16)26)31-22(33(19)14-25)23-30-9-11-36-23/h1,5-7,9-12,21,24,35H,3-4,8,13-14H2/t21-,25+/m0/s1. The molecule has 2 atom stereocenters. The van der Waals surface area contributed by atoms with E-state index < -0.39 is 24.0 Å². The van der Waals surface area contributed by atoms with Crippen molar-refractivity contribution in [3.63, 3.8) is 0 Å². The van der Waals surface area contributed by atoms with Crippen LogP contribution in [0.15, 0.2) is 52.7 Å². The van der Waals surface area contributed by atoms with Crippen molar-refractivity contribution >= 4 is 34.3 Å². The summed E-state index contributed by atoms with van der Waals surface area (Å²) in [5, 5.41) is 18.2. The van der Waals surface area contributed by atoms with Crippen LogP contribution in [-0.2, 0) is 0 Å². The van der Waals surface area contributed by atoms with Gasteiger partial charge in [-0.15, -0.1) is 23.7 Å². The molecule has 0 amide bonds. The molecule has 0 bridgehead atoms. The van der Waals surface area contributed by atoms with Crippen LogP contribution in [0.1, 0.15) is 54.5 Å². The topological polar surface area (TPSA) is 66.5 Å². The number of hydrogen-bond donors (Lipinski definition) is 1. The average molecular weight is 532 g/mol. The van der Waals surface area contributed by atoms with Crippen molar-refractivity contribution in [2.45, 2.75) is 43.9 Å². The summed E-state index contributed by atoms with van der Waals surface area (Å²) in [5.41, 5.74) is 0.848. The number of nitrogens with zero attached hydrogens (tertiary/aromatic N) is 5. The number of rotatable bonds is 7. The summed E-state index contributed by atoms with van der Waals surface area (Å²) in [6, 6.07) is 4.69. The molecule has 0 aliphatic carbocycles. The molecule has 6 nitrogen and oxygen atoms in total. The molecule has 1 aromatic carbocycles. The van der Waals surface area contributed by atoms with Crippen LogP contribution in [-0.4, -0.2) is 42.8 Å². The Balaban J connectivity index is 1.70. The quantitative estimate of drug-likeness (QED) is 0.315. The largest absolute Gasteiger partial charge is 0.388 e. The number of fused-ring (bicyclic) bond motifs is 1. The lowest BCUT2D eigenvalue weighted by Gasteiger charge is -2.32. The van der Waals surface area contributed by atoms with E-state index in [9.17, 15) is 18.3 Å². The van der Waals surface area contributed by atoms with Crippen molar-refractivity contribution in [1.29, 1.82) is 0 Å². The first-order chi connectivity index (χ1) is 17.3. The summed E-state index contributed by atoms with van der Waals surface area (Å²) < 4.78 is 41.3. The van der Waals surface area contributed by atoms with Gasteiger partial charge in [0.05, 0.1) is 17.8 Å². The number of unbranched alkanes of at least 4 members (excludes halogenated alkanes) is 1. The van der Waals surface area contributed by atoms with E-state index in [0.29, 0.717) is 51.6 Å². The normalized spacial score (nSPS) is 21.6. The Labute approximate surface area is 214 Å². The minimum atomic E-state index is -2.82. The third-order valence-corrected chi connectivity index (χ3v) is 7.39. The molecule has 2 aromatic heterocycles. The number of thiazole rings is 1. The van der Waals surface area contributed by atoms with E-state index in [1.54, 1.807) is 6.20 Å². The van der Waals surface area contributed by atoms with Gasteiger partial charge in [0.15, 0.2) is 10.8 Å². The second-order valence-corrected chi connectivity index (χ2v) is 10.0. The number of aromatic nitrogens is 3. The van der Waals surface area contributed by atoms with Crippen LogP contribution in [0.3, 0.4) is 0 Å². The summed E-state index contributed by atoms with van der Waals surface area (Å²) >= 11 is 7.84. The van der Waals surface area contributed by atoms with Crippen molar-refractivity contribution in [2.24, 2.45) is 4.99 Å². The van der Waals surface area contributed by atoms with Crippen LogP contribution in [0.2, 0.25) is 5.02 Å². The maximum Gasteiger partial charge on any atom is 0.333 e. The third kappa shape index (κ3) is 4.54. The first kappa shape index (κ1) is 24.6. The molecule has 36 heavy (non-hydrogen) atoms. The molecule has 0 saturated carbocycles. The maximum absolute atomic E-state index is 13.9. The zero-order chi connectivity index (χ0) is 25.4. The van der Waals surface area contributed by atoms with Crippen molar-refractivity contribution < 1.29 is 18.3 Å². The number of hydrogen-bond acceptors (Lipinski definition) is 6. The van der Waals surface area contributed by atoms with Crippen LogP contribution in [0.25, 0.3) is 5.57 Å². The van der Waals surface area contributed by atoms with E-state index in [4.69, 9.17) is 23.0 Å². The zero-order valence-electron chi connectivity index (χ0n) is 18.9. The smallest absolute Gasteiger partial charge is 0.333 e. The zero-order valence-corrected chi connectivity index (χ0v) is 20.5. The number of benzene rings is 1. The summed E-state index contributed by atoms with van der Waals surface area (Å²) in [5.74, 6) is 2.61. The second kappa shape index (κ2) is 9.73. The number of amidine groups is 1. The lowest BCUT2D eigenvalue weighted by molar-refractivity contribution is 0.0452. The number of aliphatic imine (C=N–C) groups is 1. The molecule has 0 radical (unpaired) electrons. The van der Waals surface area contributed by atoms with Crippen LogP contribution >= 0.6 is 22.9 Å². The molecule has 1 saturated heterocycles. The number of aliphatic hydroxyl groups is 1. The summed E-state index contributed by atoms with van der Waals surface area (Å²) in [7, 11) is 0. The number of terminal acetylenes is 1. The lowest BCUT2D eigenvalue weighted by Crippen LogP contribution is -2.37. The Bertz CT molecular complexity index is 1380. The number of halogens is 4. The Morgan fingerprint density at radius 1 is 1.33 bits per heavy atom. The highest BCUT2D eigenvalue weighted by molar-refractivity contribution is 7.11. The van der Waals surface area contributed by atoms with E-state index in [-0.39, 0.29) is 23.7 Å². The first-order valence-electron chi connectivity index (χ1n) is 11.2. The summed E-state index contributed by atoms with van der Waals surface area (Å²) in [6.45, 7) is -2.59. The van der Waals surface area contributed by atoms with Gasteiger partial charge in [-0.3, -0.25) is 4.99 Å². The van der Waals surface area contributed by atoms with Gasteiger partial charge in [0.2, 0.25) is 0 Å². The van der Waals surface area contributed by atoms with Crippen molar-refractivity contribution in [3.05, 3.63) is 74.8 Å². The van der Waals surface area contributed by atoms with Gasteiger partial charge in [-0.05, 0) is 31.0 Å². The first-order valence-corrected chi connectivity index (χ1v) is 12.5. The van der Waals surface area contributed by atoms with Gasteiger partial charge >= 0.3 is 6.55 Å². The van der Waals surface area contributed by atoms with Gasteiger partial charge in [-0.1, -0.05) is 17.7 Å². The SMILES string of the molecule is C#CCCC[C@@]1(O)CC2=C(c3ccn(C(F)F)n3)[C@H](c3ccc(F)cc3Cl)N=C(c3nccs3)N2C1. The second-order valence-electron chi connectivity index (χ2n) is 8.72. The maximum atomic E-state index is 13.9. The van der Waals surface area contributed by atoms with Crippen molar-refractivity contribution in [1.82, 2.24) is 19.7 Å². The fraction of sp³-hybridized carbons (Fsp3) is 0.320. The Hall–Kier alpha value is -3.13.